The molecule has 0 unspecified atom stereocenters. The quantitative estimate of drug-likeness (QED) is 0.0397. The Kier molecular flexibility index (Phi) is 21.9. The van der Waals surface area contributed by atoms with Gasteiger partial charge in [0.1, 0.15) is 67.6 Å². The number of nitrogens with zero attached hydrogens (tertiary/aromatic N) is 4. The molecule has 430 valence electrons. The molecule has 8 rings (SSSR count). The minimum Gasteiger partial charge on any atom is -0.488 e. The number of ether oxygens (including phenoxy) is 6. The van der Waals surface area contributed by atoms with Gasteiger partial charge in [-0.3, -0.25) is 24.9 Å². The standard InChI is InChI=1S/C67H63Cl2N5O10/c1-42-53(40-83-63-27-61(81-38-50-23-48(29-70)31-72-33-50)52(25-59(63)68)21-22-58(66(75)76)44(3)79-36-46-13-7-5-8-14-46)17-11-19-56(42)57-20-12-18-54(43(57)2)41-84-64-28-62(82-39-51-24-49(30-71)32-73-34-51)55(26-60(64)69)35-74-65(67(77)78)45(4)80-37-47-15-9-6-10-16-47/h5-20,23-28,31-34,44-45,58,65,74H,21-22,35-41H2,1-4H3,(H,75,76)(H,77,78)/t44-,45-,58+,65+/m0/s1. The lowest BCUT2D eigenvalue weighted by molar-refractivity contribution is -0.148. The molecule has 8 aromatic rings. The van der Waals surface area contributed by atoms with Crippen molar-refractivity contribution < 1.29 is 48.2 Å². The van der Waals surface area contributed by atoms with E-state index in [2.05, 4.69) is 27.4 Å². The summed E-state index contributed by atoms with van der Waals surface area (Å²) in [6.45, 7) is 8.52. The summed E-state index contributed by atoms with van der Waals surface area (Å²) < 4.78 is 37.7. The van der Waals surface area contributed by atoms with Crippen LogP contribution >= 0.6 is 23.2 Å². The van der Waals surface area contributed by atoms with Crippen molar-refractivity contribution in [3.8, 4) is 46.3 Å². The number of hydrogen-bond acceptors (Lipinski definition) is 13. The summed E-state index contributed by atoms with van der Waals surface area (Å²) in [5, 5.41) is 43.3. The first kappa shape index (κ1) is 61.3. The summed E-state index contributed by atoms with van der Waals surface area (Å²) in [5.41, 5.74) is 10.9. The van der Waals surface area contributed by atoms with E-state index in [1.807, 2.05) is 111 Å². The maximum Gasteiger partial charge on any atom is 0.323 e. The van der Waals surface area contributed by atoms with Crippen LogP contribution in [0.15, 0.2) is 158 Å². The van der Waals surface area contributed by atoms with Gasteiger partial charge in [0.15, 0.2) is 0 Å². The molecule has 0 aliphatic rings. The highest BCUT2D eigenvalue weighted by Gasteiger charge is 2.28. The van der Waals surface area contributed by atoms with Crippen LogP contribution in [-0.4, -0.2) is 50.4 Å². The van der Waals surface area contributed by atoms with E-state index in [-0.39, 0.29) is 57.6 Å². The number of aryl methyl sites for hydroxylation is 1. The molecular weight excluding hydrogens is 1110 g/mol. The van der Waals surface area contributed by atoms with Gasteiger partial charge in [-0.25, -0.2) is 0 Å². The Bertz CT molecular complexity index is 3410. The Balaban J connectivity index is 0.981. The predicted octanol–water partition coefficient (Wildman–Crippen LogP) is 13.5. The molecule has 6 aromatic carbocycles. The number of aliphatic carboxylic acids is 2. The molecule has 15 nitrogen and oxygen atoms in total. The Morgan fingerprint density at radius 1 is 0.524 bits per heavy atom. The van der Waals surface area contributed by atoms with E-state index in [4.69, 9.17) is 51.6 Å². The summed E-state index contributed by atoms with van der Waals surface area (Å²) in [6.07, 6.45) is 5.41. The van der Waals surface area contributed by atoms with Crippen LogP contribution in [0.4, 0.5) is 0 Å². The molecule has 0 saturated carbocycles. The first-order valence-corrected chi connectivity index (χ1v) is 27.9. The number of rotatable bonds is 29. The predicted molar refractivity (Wildman–Crippen MR) is 319 cm³/mol. The number of nitriles is 2. The van der Waals surface area contributed by atoms with Crippen molar-refractivity contribution in [2.45, 2.75) is 105 Å². The summed E-state index contributed by atoms with van der Waals surface area (Å²) >= 11 is 13.9. The molecule has 0 aliphatic heterocycles. The van der Waals surface area contributed by atoms with Crippen LogP contribution in [-0.2, 0) is 71.7 Å². The van der Waals surface area contributed by atoms with Gasteiger partial charge in [-0.15, -0.1) is 0 Å². The first-order valence-electron chi connectivity index (χ1n) is 27.2. The molecule has 2 aromatic heterocycles. The molecule has 0 amide bonds. The van der Waals surface area contributed by atoms with Crippen molar-refractivity contribution >= 4 is 35.1 Å². The second-order valence-electron chi connectivity index (χ2n) is 20.2. The molecule has 0 radical (unpaired) electrons. The maximum atomic E-state index is 12.6. The molecule has 4 atom stereocenters. The molecule has 0 saturated heterocycles. The lowest BCUT2D eigenvalue weighted by Crippen LogP contribution is -2.45. The minimum absolute atomic E-state index is 0.0519. The molecule has 2 heterocycles. The van der Waals surface area contributed by atoms with E-state index in [1.54, 1.807) is 62.6 Å². The zero-order valence-corrected chi connectivity index (χ0v) is 48.4. The zero-order valence-electron chi connectivity index (χ0n) is 46.9. The van der Waals surface area contributed by atoms with Crippen molar-refractivity contribution in [2.24, 2.45) is 5.92 Å². The van der Waals surface area contributed by atoms with Crippen molar-refractivity contribution in [1.29, 1.82) is 10.5 Å². The normalized spacial score (nSPS) is 12.5. The molecule has 0 fully saturated rings. The third kappa shape index (κ3) is 16.7. The molecular formula is C67H63Cl2N5O10. The van der Waals surface area contributed by atoms with E-state index < -0.39 is 36.1 Å². The first-order chi connectivity index (χ1) is 40.7. The second-order valence-corrected chi connectivity index (χ2v) is 21.0. The number of carboxylic acid groups (broad SMARTS) is 2. The fraction of sp³-hybridized carbons (Fsp3) is 0.254. The highest BCUT2D eigenvalue weighted by molar-refractivity contribution is 6.32. The van der Waals surface area contributed by atoms with Gasteiger partial charge in [-0.1, -0.05) is 120 Å². The SMILES string of the molecule is Cc1c(COc2cc(OCc3cncc(C#N)c3)c(CC[C@@H](C(=O)O)[C@H](C)OCc3ccccc3)cc2Cl)cccc1-c1cccc(COc2cc(OCc3cncc(C#N)c3)c(CN[C@@H](C(=O)O)[C@H](C)OCc3ccccc3)cc2Cl)c1C. The maximum absolute atomic E-state index is 12.6. The number of pyridine rings is 2. The number of hydrogen-bond donors (Lipinski definition) is 3. The summed E-state index contributed by atoms with van der Waals surface area (Å²) in [4.78, 5) is 33.5. The van der Waals surface area contributed by atoms with Crippen LogP contribution in [0, 0.1) is 42.4 Å². The van der Waals surface area contributed by atoms with Gasteiger partial charge < -0.3 is 38.6 Å². The number of halogens is 2. The van der Waals surface area contributed by atoms with E-state index in [9.17, 15) is 30.3 Å². The van der Waals surface area contributed by atoms with Gasteiger partial charge in [0, 0.05) is 60.2 Å². The van der Waals surface area contributed by atoms with Crippen LogP contribution < -0.4 is 24.3 Å². The largest absolute Gasteiger partial charge is 0.488 e. The van der Waals surface area contributed by atoms with Crippen LogP contribution in [0.5, 0.6) is 23.0 Å². The van der Waals surface area contributed by atoms with Gasteiger partial charge in [0.05, 0.1) is 52.5 Å². The van der Waals surface area contributed by atoms with Gasteiger partial charge in [0.2, 0.25) is 0 Å². The van der Waals surface area contributed by atoms with Crippen LogP contribution in [0.2, 0.25) is 10.0 Å². The Hall–Kier alpha value is -8.80. The van der Waals surface area contributed by atoms with Gasteiger partial charge >= 0.3 is 11.9 Å². The average molecular weight is 1170 g/mol. The molecule has 0 bridgehead atoms. The average Bonchev–Trinajstić information content (AvgIpc) is 3.70. The number of carboxylic acids is 2. The van der Waals surface area contributed by atoms with E-state index >= 15 is 0 Å². The summed E-state index contributed by atoms with van der Waals surface area (Å²) in [7, 11) is 0. The zero-order chi connectivity index (χ0) is 59.5. The molecule has 0 aliphatic carbocycles. The molecule has 0 spiro atoms. The molecule has 17 heteroatoms. The number of aromatic nitrogens is 2. The van der Waals surface area contributed by atoms with Crippen molar-refractivity contribution in [1.82, 2.24) is 15.3 Å². The van der Waals surface area contributed by atoms with Gasteiger partial charge in [0.25, 0.3) is 0 Å². The number of carbonyl (C=O) groups is 2. The van der Waals surface area contributed by atoms with Crippen molar-refractivity contribution in [3.05, 3.63) is 235 Å². The molecule has 84 heavy (non-hydrogen) atoms. The summed E-state index contributed by atoms with van der Waals surface area (Å²) in [5.74, 6) is -1.37. The highest BCUT2D eigenvalue weighted by Crippen LogP contribution is 2.38. The van der Waals surface area contributed by atoms with E-state index in [0.717, 1.165) is 44.5 Å². The number of nitrogens with one attached hydrogen (secondary N) is 1. The fourth-order valence-corrected chi connectivity index (χ4v) is 9.97. The Morgan fingerprint density at radius 3 is 1.46 bits per heavy atom. The topological polar surface area (TPSA) is 215 Å². The van der Waals surface area contributed by atoms with Gasteiger partial charge in [-0.2, -0.15) is 10.5 Å². The van der Waals surface area contributed by atoms with E-state index in [1.165, 1.54) is 12.4 Å². The Labute approximate surface area is 498 Å². The van der Waals surface area contributed by atoms with Crippen LogP contribution in [0.3, 0.4) is 0 Å². The fourth-order valence-electron chi connectivity index (χ4n) is 9.49. The van der Waals surface area contributed by atoms with Crippen LogP contribution in [0.25, 0.3) is 11.1 Å². The van der Waals surface area contributed by atoms with Gasteiger partial charge in [-0.05, 0) is 115 Å². The third-order valence-corrected chi connectivity index (χ3v) is 15.0. The second kappa shape index (κ2) is 30.0. The molecule has 3 N–H and O–H groups in total. The number of benzene rings is 6. The Morgan fingerprint density at radius 2 is 0.988 bits per heavy atom. The highest BCUT2D eigenvalue weighted by atomic mass is 35.5. The lowest BCUT2D eigenvalue weighted by Gasteiger charge is -2.23. The summed E-state index contributed by atoms with van der Waals surface area (Å²) in [6, 6.07) is 44.4. The minimum atomic E-state index is -1.09. The smallest absolute Gasteiger partial charge is 0.323 e. The third-order valence-electron chi connectivity index (χ3n) is 14.4. The van der Waals surface area contributed by atoms with E-state index in [0.29, 0.717) is 67.8 Å². The monoisotopic (exact) mass is 1170 g/mol. The van der Waals surface area contributed by atoms with Crippen LogP contribution in [0.1, 0.15) is 87.0 Å². The van der Waals surface area contributed by atoms with Crippen molar-refractivity contribution in [3.63, 3.8) is 0 Å². The lowest BCUT2D eigenvalue weighted by atomic mass is 9.92. The van der Waals surface area contributed by atoms with Crippen molar-refractivity contribution in [2.75, 3.05) is 0 Å².